The minimum Gasteiger partial charge on any atom is -0.357 e. The Labute approximate surface area is 176 Å². The van der Waals surface area contributed by atoms with Crippen LogP contribution in [0.2, 0.25) is 0 Å². The Hall–Kier alpha value is -1.22. The molecule has 0 saturated heterocycles. The highest BCUT2D eigenvalue weighted by Crippen LogP contribution is 2.16. The maximum Gasteiger partial charge on any atom is 0.191 e. The number of guanidine groups is 1. The molecular weight excluding hydrogens is 462 g/mol. The molecule has 2 aromatic rings. The number of hydrogen-bond acceptors (Lipinski definition) is 3. The second-order valence-corrected chi connectivity index (χ2v) is 7.06. The fourth-order valence-corrected chi connectivity index (χ4v) is 3.24. The number of nitrogens with zero attached hydrogens (tertiary/aromatic N) is 2. The Morgan fingerprint density at radius 1 is 1.35 bits per heavy atom. The van der Waals surface area contributed by atoms with Gasteiger partial charge in [-0.3, -0.25) is 4.99 Å². The molecule has 2 rings (SSSR count). The van der Waals surface area contributed by atoms with Crippen molar-refractivity contribution in [3.63, 3.8) is 0 Å². The van der Waals surface area contributed by atoms with Crippen LogP contribution in [0.5, 0.6) is 0 Å². The van der Waals surface area contributed by atoms with Crippen molar-refractivity contribution in [2.45, 2.75) is 46.6 Å². The van der Waals surface area contributed by atoms with Gasteiger partial charge in [-0.2, -0.15) is 0 Å². The summed E-state index contributed by atoms with van der Waals surface area (Å²) in [4.78, 5) is 9.09. The zero-order chi connectivity index (χ0) is 18.2. The summed E-state index contributed by atoms with van der Waals surface area (Å²) >= 11 is 1.70. The van der Waals surface area contributed by atoms with Crippen LogP contribution in [0.15, 0.2) is 28.6 Å². The lowest BCUT2D eigenvalue weighted by Crippen LogP contribution is -2.38. The lowest BCUT2D eigenvalue weighted by molar-refractivity contribution is 0.607. The molecule has 0 aliphatic heterocycles. The van der Waals surface area contributed by atoms with Gasteiger partial charge in [0, 0.05) is 30.6 Å². The molecule has 144 valence electrons. The van der Waals surface area contributed by atoms with E-state index in [2.05, 4.69) is 26.0 Å². The number of thiazole rings is 1. The fourth-order valence-electron chi connectivity index (χ4n) is 2.43. The normalized spacial score (nSPS) is 12.4. The molecule has 2 N–H and O–H groups in total. The third-order valence-electron chi connectivity index (χ3n) is 3.88. The maximum atomic E-state index is 13.8. The van der Waals surface area contributed by atoms with Crippen molar-refractivity contribution in [1.29, 1.82) is 0 Å². The van der Waals surface area contributed by atoms with Crippen molar-refractivity contribution in [1.82, 2.24) is 15.6 Å². The predicted molar refractivity (Wildman–Crippen MR) is 119 cm³/mol. The topological polar surface area (TPSA) is 49.3 Å². The quantitative estimate of drug-likeness (QED) is 0.255. The summed E-state index contributed by atoms with van der Waals surface area (Å²) in [5.41, 5.74) is 2.65. The molecule has 0 amide bonds. The van der Waals surface area contributed by atoms with Gasteiger partial charge in [-0.05, 0) is 51.3 Å². The van der Waals surface area contributed by atoms with Crippen molar-refractivity contribution in [2.24, 2.45) is 4.99 Å². The van der Waals surface area contributed by atoms with Crippen LogP contribution in [0.3, 0.4) is 0 Å². The highest BCUT2D eigenvalue weighted by Gasteiger charge is 2.09. The minimum absolute atomic E-state index is 0. The first-order valence-electron chi connectivity index (χ1n) is 8.71. The first-order chi connectivity index (χ1) is 12.0. The molecule has 1 atom stereocenters. The molecule has 4 nitrogen and oxygen atoms in total. The second kappa shape index (κ2) is 11.5. The third kappa shape index (κ3) is 7.19. The van der Waals surface area contributed by atoms with E-state index in [1.54, 1.807) is 24.3 Å². The number of aromatic nitrogens is 1. The summed E-state index contributed by atoms with van der Waals surface area (Å²) < 4.78 is 13.8. The average molecular weight is 490 g/mol. The van der Waals surface area contributed by atoms with Gasteiger partial charge in [0.25, 0.3) is 0 Å². The summed E-state index contributed by atoms with van der Waals surface area (Å²) in [6.07, 6.45) is 1.90. The van der Waals surface area contributed by atoms with Gasteiger partial charge in [0.2, 0.25) is 0 Å². The van der Waals surface area contributed by atoms with Crippen LogP contribution in [-0.2, 0) is 6.42 Å². The Morgan fingerprint density at radius 3 is 2.73 bits per heavy atom. The average Bonchev–Trinajstić information content (AvgIpc) is 2.99. The summed E-state index contributed by atoms with van der Waals surface area (Å²) in [5, 5.41) is 9.82. The Morgan fingerprint density at radius 2 is 2.12 bits per heavy atom. The summed E-state index contributed by atoms with van der Waals surface area (Å²) in [7, 11) is 0. The van der Waals surface area contributed by atoms with Crippen LogP contribution in [0.4, 0.5) is 4.39 Å². The van der Waals surface area contributed by atoms with E-state index in [1.807, 2.05) is 32.9 Å². The van der Waals surface area contributed by atoms with Crippen LogP contribution in [0.25, 0.3) is 0 Å². The molecule has 0 saturated carbocycles. The number of hydrogen-bond donors (Lipinski definition) is 2. The van der Waals surface area contributed by atoms with E-state index in [9.17, 15) is 4.39 Å². The SMILES string of the molecule is CCNC(=NCCCc1nc(C)cs1)NC(C)c1ccc(C)c(F)c1.I. The number of halogens is 2. The monoisotopic (exact) mass is 490 g/mol. The lowest BCUT2D eigenvalue weighted by Gasteiger charge is -2.18. The molecule has 0 aliphatic rings. The van der Waals surface area contributed by atoms with Gasteiger partial charge in [0.15, 0.2) is 5.96 Å². The van der Waals surface area contributed by atoms with E-state index in [1.165, 1.54) is 0 Å². The maximum absolute atomic E-state index is 13.8. The van der Waals surface area contributed by atoms with Gasteiger partial charge < -0.3 is 10.6 Å². The van der Waals surface area contributed by atoms with Crippen LogP contribution in [0.1, 0.15) is 48.1 Å². The van der Waals surface area contributed by atoms with Crippen molar-refractivity contribution in [2.75, 3.05) is 13.1 Å². The van der Waals surface area contributed by atoms with Gasteiger partial charge in [-0.25, -0.2) is 9.37 Å². The summed E-state index contributed by atoms with van der Waals surface area (Å²) in [6, 6.07) is 5.32. The first-order valence-corrected chi connectivity index (χ1v) is 9.59. The zero-order valence-electron chi connectivity index (χ0n) is 15.8. The molecule has 7 heteroatoms. The zero-order valence-corrected chi connectivity index (χ0v) is 19.0. The van der Waals surface area contributed by atoms with E-state index in [4.69, 9.17) is 0 Å². The van der Waals surface area contributed by atoms with E-state index in [0.29, 0.717) is 5.56 Å². The van der Waals surface area contributed by atoms with Crippen LogP contribution < -0.4 is 10.6 Å². The Balaban J connectivity index is 0.00000338. The number of nitrogens with one attached hydrogen (secondary N) is 2. The molecule has 0 radical (unpaired) electrons. The van der Waals surface area contributed by atoms with E-state index in [-0.39, 0.29) is 35.8 Å². The molecule has 0 aliphatic carbocycles. The van der Waals surface area contributed by atoms with Gasteiger partial charge in [0.05, 0.1) is 11.0 Å². The van der Waals surface area contributed by atoms with Crippen LogP contribution in [0, 0.1) is 19.7 Å². The van der Waals surface area contributed by atoms with E-state index < -0.39 is 0 Å². The fraction of sp³-hybridized carbons (Fsp3) is 0.474. The van der Waals surface area contributed by atoms with Gasteiger partial charge in [-0.1, -0.05) is 12.1 Å². The van der Waals surface area contributed by atoms with Crippen LogP contribution in [-0.4, -0.2) is 24.0 Å². The molecule has 0 fully saturated rings. The van der Waals surface area contributed by atoms with Crippen molar-refractivity contribution in [3.8, 4) is 0 Å². The largest absolute Gasteiger partial charge is 0.357 e. The number of benzene rings is 1. The molecule has 0 bridgehead atoms. The number of rotatable bonds is 7. The molecule has 1 aromatic carbocycles. The first kappa shape index (κ1) is 22.8. The van der Waals surface area contributed by atoms with Gasteiger partial charge in [-0.15, -0.1) is 35.3 Å². The molecule has 26 heavy (non-hydrogen) atoms. The summed E-state index contributed by atoms with van der Waals surface area (Å²) in [6.45, 7) is 9.34. The molecule has 1 heterocycles. The standard InChI is InChI=1S/C19H27FN4S.HI/c1-5-21-19(22-10-6-7-18-23-14(3)12-25-18)24-15(4)16-9-8-13(2)17(20)11-16;/h8-9,11-12,15H,5-7,10H2,1-4H3,(H2,21,22,24);1H. The molecule has 0 spiro atoms. The minimum atomic E-state index is -0.174. The Bertz CT molecular complexity index is 717. The lowest BCUT2D eigenvalue weighted by atomic mass is 10.1. The van der Waals surface area contributed by atoms with Crippen LogP contribution >= 0.6 is 35.3 Å². The second-order valence-electron chi connectivity index (χ2n) is 6.12. The molecular formula is C19H28FIN4S. The van der Waals surface area contributed by atoms with Gasteiger partial charge >= 0.3 is 0 Å². The number of aliphatic imine (C=N–C) groups is 1. The number of aryl methyl sites for hydroxylation is 3. The highest BCUT2D eigenvalue weighted by molar-refractivity contribution is 14.0. The predicted octanol–water partition coefficient (Wildman–Crippen LogP) is 4.77. The van der Waals surface area contributed by atoms with E-state index >= 15 is 0 Å². The Kier molecular flexibility index (Phi) is 10.1. The molecule has 1 unspecified atom stereocenters. The molecule has 1 aromatic heterocycles. The smallest absolute Gasteiger partial charge is 0.191 e. The van der Waals surface area contributed by atoms with Gasteiger partial charge in [0.1, 0.15) is 5.82 Å². The van der Waals surface area contributed by atoms with Crippen molar-refractivity contribution < 1.29 is 4.39 Å². The van der Waals surface area contributed by atoms with Crippen molar-refractivity contribution >= 4 is 41.3 Å². The van der Waals surface area contributed by atoms with E-state index in [0.717, 1.165) is 48.2 Å². The van der Waals surface area contributed by atoms with Crippen molar-refractivity contribution in [3.05, 3.63) is 51.2 Å². The third-order valence-corrected chi connectivity index (χ3v) is 4.91. The highest BCUT2D eigenvalue weighted by atomic mass is 127. The summed E-state index contributed by atoms with van der Waals surface area (Å²) in [5.74, 6) is 0.582.